The highest BCUT2D eigenvalue weighted by molar-refractivity contribution is 5.33. The molecule has 0 atom stereocenters. The van der Waals surface area contributed by atoms with Crippen molar-refractivity contribution >= 4 is 0 Å². The van der Waals surface area contributed by atoms with Crippen LogP contribution in [0.15, 0.2) is 11.6 Å². The van der Waals surface area contributed by atoms with Crippen molar-refractivity contribution in [2.24, 2.45) is 5.41 Å². The van der Waals surface area contributed by atoms with E-state index in [9.17, 15) is 65.9 Å². The summed E-state index contributed by atoms with van der Waals surface area (Å²) in [7, 11) is 0. The van der Waals surface area contributed by atoms with Crippen molar-refractivity contribution in [1.82, 2.24) is 0 Å². The molecule has 0 spiro atoms. The van der Waals surface area contributed by atoms with Gasteiger partial charge in [0.05, 0.1) is 0 Å². The Hall–Kier alpha value is -1.31. The summed E-state index contributed by atoms with van der Waals surface area (Å²) in [6.45, 7) is 0. The van der Waals surface area contributed by atoms with E-state index in [-0.39, 0.29) is 6.08 Å². The second-order valence-corrected chi connectivity index (χ2v) is 5.23. The van der Waals surface area contributed by atoms with Gasteiger partial charge in [-0.15, -0.1) is 0 Å². The van der Waals surface area contributed by atoms with Gasteiger partial charge in [-0.25, -0.2) is 0 Å². The van der Waals surface area contributed by atoms with Crippen LogP contribution in [0.5, 0.6) is 0 Å². The Morgan fingerprint density at radius 1 is 0.500 bits per heavy atom. The molecule has 0 unspecified atom stereocenters. The first-order valence-corrected chi connectivity index (χ1v) is 6.14. The minimum Gasteiger partial charge on any atom is -0.198 e. The van der Waals surface area contributed by atoms with E-state index in [0.29, 0.717) is 0 Å². The zero-order valence-corrected chi connectivity index (χ0v) is 11.7. The molecule has 0 saturated carbocycles. The third-order valence-corrected chi connectivity index (χ3v) is 3.75. The van der Waals surface area contributed by atoms with Gasteiger partial charge in [0.15, 0.2) is 0 Å². The van der Waals surface area contributed by atoms with Crippen molar-refractivity contribution in [3.63, 3.8) is 0 Å². The molecule has 0 aliphatic heterocycles. The molecule has 0 aromatic heterocycles. The summed E-state index contributed by atoms with van der Waals surface area (Å²) in [5.41, 5.74) is -9.40. The first kappa shape index (κ1) is 22.7. The van der Waals surface area contributed by atoms with Crippen LogP contribution in [0.25, 0.3) is 0 Å². The van der Waals surface area contributed by atoms with Gasteiger partial charge in [0.1, 0.15) is 0 Å². The minimum absolute atomic E-state index is 0.225. The Morgan fingerprint density at radius 3 is 1.04 bits per heavy atom. The van der Waals surface area contributed by atoms with E-state index in [1.807, 2.05) is 0 Å². The Bertz CT molecular complexity index is 556. The fourth-order valence-corrected chi connectivity index (χ4v) is 2.32. The lowest BCUT2D eigenvalue weighted by atomic mass is 9.65. The van der Waals surface area contributed by atoms with Crippen LogP contribution in [0.3, 0.4) is 0 Å². The molecule has 1 rings (SSSR count). The SMILES string of the molecule is FC(F)(F)C(F)(F)C(F)(F)C(F)(F)C(C1=CCC1)(C(F)(F)F)C(F)(F)F. The zero-order valence-electron chi connectivity index (χ0n) is 11.7. The molecular formula is C11H5F15. The van der Waals surface area contributed by atoms with E-state index < -0.39 is 60.1 Å². The normalized spacial score (nSPS) is 18.5. The zero-order chi connectivity index (χ0) is 21.2. The fourth-order valence-electron chi connectivity index (χ4n) is 2.32. The summed E-state index contributed by atoms with van der Waals surface area (Å²) in [4.78, 5) is 0. The fraction of sp³-hybridized carbons (Fsp3) is 0.818. The highest BCUT2D eigenvalue weighted by atomic mass is 19.4. The molecule has 26 heavy (non-hydrogen) atoms. The van der Waals surface area contributed by atoms with Gasteiger partial charge in [0.2, 0.25) is 0 Å². The first-order chi connectivity index (χ1) is 11.1. The largest absolute Gasteiger partial charge is 0.460 e. The molecule has 0 radical (unpaired) electrons. The smallest absolute Gasteiger partial charge is 0.198 e. The topological polar surface area (TPSA) is 0 Å². The van der Waals surface area contributed by atoms with Gasteiger partial charge in [-0.05, 0) is 18.4 Å². The quantitative estimate of drug-likeness (QED) is 0.369. The molecule has 0 nitrogen and oxygen atoms in total. The Morgan fingerprint density at radius 2 is 0.846 bits per heavy atom. The molecule has 0 N–H and O–H groups in total. The summed E-state index contributed by atoms with van der Waals surface area (Å²) >= 11 is 0. The molecule has 0 fully saturated rings. The van der Waals surface area contributed by atoms with Gasteiger partial charge in [-0.1, -0.05) is 6.08 Å². The van der Waals surface area contributed by atoms with Crippen LogP contribution in [0.4, 0.5) is 65.9 Å². The van der Waals surface area contributed by atoms with Gasteiger partial charge in [-0.3, -0.25) is 0 Å². The lowest BCUT2D eigenvalue weighted by Crippen LogP contribution is -2.73. The van der Waals surface area contributed by atoms with Crippen molar-refractivity contribution in [2.75, 3.05) is 0 Å². The lowest BCUT2D eigenvalue weighted by Gasteiger charge is -2.49. The van der Waals surface area contributed by atoms with E-state index in [2.05, 4.69) is 0 Å². The maximum atomic E-state index is 13.8. The molecule has 1 aliphatic carbocycles. The van der Waals surface area contributed by atoms with Gasteiger partial charge in [-0.2, -0.15) is 65.9 Å². The Kier molecular flexibility index (Phi) is 4.89. The highest BCUT2D eigenvalue weighted by Gasteiger charge is 2.95. The molecule has 0 heterocycles. The predicted molar refractivity (Wildman–Crippen MR) is 52.8 cm³/mol. The minimum atomic E-state index is -8.08. The van der Waals surface area contributed by atoms with Crippen LogP contribution in [-0.4, -0.2) is 36.3 Å². The number of rotatable bonds is 4. The van der Waals surface area contributed by atoms with E-state index in [0.717, 1.165) is 0 Å². The predicted octanol–water partition coefficient (Wildman–Crippen LogP) is 6.29. The number of hydrogen-bond donors (Lipinski definition) is 0. The summed E-state index contributed by atoms with van der Waals surface area (Å²) in [5, 5.41) is 0. The van der Waals surface area contributed by atoms with Crippen molar-refractivity contribution in [1.29, 1.82) is 0 Å². The first-order valence-electron chi connectivity index (χ1n) is 6.14. The third-order valence-electron chi connectivity index (χ3n) is 3.75. The maximum Gasteiger partial charge on any atom is 0.460 e. The third kappa shape index (κ3) is 2.55. The summed E-state index contributed by atoms with van der Waals surface area (Å²) < 4.78 is 193. The van der Waals surface area contributed by atoms with Crippen LogP contribution in [0.1, 0.15) is 12.8 Å². The van der Waals surface area contributed by atoms with Crippen molar-refractivity contribution in [2.45, 2.75) is 49.1 Å². The molecule has 0 bridgehead atoms. The molecule has 154 valence electrons. The van der Waals surface area contributed by atoms with Crippen LogP contribution in [0, 0.1) is 5.41 Å². The average Bonchev–Trinajstić information content (AvgIpc) is 2.27. The Labute approximate surface area is 133 Å². The van der Waals surface area contributed by atoms with E-state index in [1.54, 1.807) is 0 Å². The molecule has 0 aromatic carbocycles. The van der Waals surface area contributed by atoms with Crippen molar-refractivity contribution < 1.29 is 65.9 Å². The lowest BCUT2D eigenvalue weighted by molar-refractivity contribution is -0.460. The van der Waals surface area contributed by atoms with Gasteiger partial charge in [0.25, 0.3) is 5.41 Å². The summed E-state index contributed by atoms with van der Waals surface area (Å²) in [6.07, 6.45) is -24.8. The van der Waals surface area contributed by atoms with Crippen LogP contribution >= 0.6 is 0 Å². The van der Waals surface area contributed by atoms with Crippen LogP contribution < -0.4 is 0 Å². The van der Waals surface area contributed by atoms with E-state index in [4.69, 9.17) is 0 Å². The molecule has 1 aliphatic rings. The van der Waals surface area contributed by atoms with Crippen molar-refractivity contribution in [3.05, 3.63) is 11.6 Å². The number of allylic oxidation sites excluding steroid dienone is 2. The number of alkyl halides is 15. The molecule has 0 aromatic rings. The number of halogens is 15. The average molecular weight is 422 g/mol. The molecular weight excluding hydrogens is 417 g/mol. The second-order valence-electron chi connectivity index (χ2n) is 5.23. The molecule has 15 heteroatoms. The van der Waals surface area contributed by atoms with Crippen LogP contribution in [0.2, 0.25) is 0 Å². The maximum absolute atomic E-state index is 13.8. The van der Waals surface area contributed by atoms with Crippen LogP contribution in [-0.2, 0) is 0 Å². The second kappa shape index (κ2) is 5.59. The van der Waals surface area contributed by atoms with E-state index in [1.165, 1.54) is 0 Å². The Balaban J connectivity index is 3.92. The van der Waals surface area contributed by atoms with Gasteiger partial charge in [0, 0.05) is 0 Å². The van der Waals surface area contributed by atoms with Gasteiger partial charge < -0.3 is 0 Å². The molecule has 0 saturated heterocycles. The van der Waals surface area contributed by atoms with E-state index >= 15 is 0 Å². The number of hydrogen-bond acceptors (Lipinski definition) is 0. The van der Waals surface area contributed by atoms with Crippen molar-refractivity contribution in [3.8, 4) is 0 Å². The standard InChI is InChI=1S/C11H5F15/c12-6(13,7(14,15)8(16,17)11(24,25)26)5(9(18,19)20,10(21,22)23)4-2-1-3-4/h2H,1,3H2. The summed E-state index contributed by atoms with van der Waals surface area (Å²) in [6, 6.07) is 0. The van der Waals surface area contributed by atoms with Gasteiger partial charge >= 0.3 is 36.3 Å². The highest BCUT2D eigenvalue weighted by Crippen LogP contribution is 2.70. The summed E-state index contributed by atoms with van der Waals surface area (Å²) in [5.74, 6) is -23.9. The molecule has 0 amide bonds. The monoisotopic (exact) mass is 422 g/mol.